The van der Waals surface area contributed by atoms with E-state index in [9.17, 15) is 4.79 Å². The van der Waals surface area contributed by atoms with E-state index in [1.54, 1.807) is 0 Å². The Morgan fingerprint density at radius 3 is 2.53 bits per heavy atom. The van der Waals surface area contributed by atoms with Crippen molar-refractivity contribution in [1.82, 2.24) is 4.90 Å². The van der Waals surface area contributed by atoms with E-state index in [4.69, 9.17) is 4.74 Å². The highest BCUT2D eigenvalue weighted by Crippen LogP contribution is 2.20. The Kier molecular flexibility index (Phi) is 6.52. The highest BCUT2D eigenvalue weighted by Gasteiger charge is 2.25. The van der Waals surface area contributed by atoms with Crippen LogP contribution < -0.4 is 0 Å². The first-order chi connectivity index (χ1) is 8.95. The van der Waals surface area contributed by atoms with Crippen molar-refractivity contribution in [3.8, 4) is 0 Å². The third-order valence-corrected chi connectivity index (χ3v) is 3.85. The Morgan fingerprint density at radius 1 is 1.37 bits per heavy atom. The third-order valence-electron chi connectivity index (χ3n) is 3.08. The number of nitrogens with zero attached hydrogens (tertiary/aromatic N) is 1. The Labute approximate surface area is 124 Å². The molecule has 0 saturated carbocycles. The second-order valence-corrected chi connectivity index (χ2v) is 6.03. The maximum absolute atomic E-state index is 11.9. The van der Waals surface area contributed by atoms with Crippen LogP contribution in [0.4, 0.5) is 0 Å². The summed E-state index contributed by atoms with van der Waals surface area (Å²) in [7, 11) is 3.41. The van der Waals surface area contributed by atoms with Gasteiger partial charge in [-0.3, -0.25) is 9.69 Å². The molecule has 0 heterocycles. The van der Waals surface area contributed by atoms with E-state index in [-0.39, 0.29) is 12.0 Å². The van der Waals surface area contributed by atoms with Gasteiger partial charge in [-0.05, 0) is 31.0 Å². The zero-order valence-corrected chi connectivity index (χ0v) is 13.6. The maximum Gasteiger partial charge on any atom is 0.323 e. The molecule has 0 amide bonds. The molecule has 0 aliphatic carbocycles. The number of hydrogen-bond acceptors (Lipinski definition) is 3. The van der Waals surface area contributed by atoms with Crippen molar-refractivity contribution >= 4 is 21.9 Å². The van der Waals surface area contributed by atoms with Gasteiger partial charge in [-0.1, -0.05) is 48.0 Å². The average molecular weight is 328 g/mol. The maximum atomic E-state index is 11.9. The van der Waals surface area contributed by atoms with Crippen molar-refractivity contribution in [2.45, 2.75) is 32.9 Å². The molecule has 3 nitrogen and oxygen atoms in total. The van der Waals surface area contributed by atoms with E-state index in [1.807, 2.05) is 30.1 Å². The van der Waals surface area contributed by atoms with Crippen molar-refractivity contribution < 1.29 is 9.53 Å². The van der Waals surface area contributed by atoms with E-state index < -0.39 is 0 Å². The zero-order valence-electron chi connectivity index (χ0n) is 12.0. The van der Waals surface area contributed by atoms with Gasteiger partial charge in [-0.2, -0.15) is 0 Å². The lowest BCUT2D eigenvalue weighted by atomic mass is 10.0. The number of carbonyl (C=O) groups is 1. The van der Waals surface area contributed by atoms with Gasteiger partial charge in [-0.15, -0.1) is 0 Å². The molecule has 0 aromatic heterocycles. The fraction of sp³-hybridized carbons (Fsp3) is 0.533. The fourth-order valence-electron chi connectivity index (χ4n) is 2.04. The standard InChI is InChI=1S/C15H22BrNO2/c1-11(2)9-14(15(18)19-4)17(3)10-12-7-5-6-8-13(12)16/h5-8,11,14H,9-10H2,1-4H3/t14-/m0/s1. The molecule has 1 aromatic carbocycles. The molecular formula is C15H22BrNO2. The van der Waals surface area contributed by atoms with Gasteiger partial charge in [0.1, 0.15) is 6.04 Å². The van der Waals surface area contributed by atoms with E-state index in [2.05, 4.69) is 35.8 Å². The lowest BCUT2D eigenvalue weighted by Gasteiger charge is -2.27. The second kappa shape index (κ2) is 7.65. The molecule has 1 rings (SSSR count). The number of rotatable bonds is 6. The van der Waals surface area contributed by atoms with Crippen LogP contribution in [-0.2, 0) is 16.1 Å². The van der Waals surface area contributed by atoms with E-state index >= 15 is 0 Å². The minimum absolute atomic E-state index is 0.164. The van der Waals surface area contributed by atoms with Gasteiger partial charge in [0.15, 0.2) is 0 Å². The molecule has 1 atom stereocenters. The SMILES string of the molecule is COC(=O)[C@H](CC(C)C)N(C)Cc1ccccc1Br. The molecule has 0 aliphatic heterocycles. The van der Waals surface area contributed by atoms with Crippen LogP contribution in [-0.4, -0.2) is 31.1 Å². The van der Waals surface area contributed by atoms with E-state index in [1.165, 1.54) is 12.7 Å². The minimum atomic E-state index is -0.197. The smallest absolute Gasteiger partial charge is 0.323 e. The van der Waals surface area contributed by atoms with Gasteiger partial charge < -0.3 is 4.74 Å². The summed E-state index contributed by atoms with van der Waals surface area (Å²) in [5.41, 5.74) is 1.17. The first kappa shape index (κ1) is 16.2. The molecule has 4 heteroatoms. The van der Waals surface area contributed by atoms with Crippen molar-refractivity contribution in [3.05, 3.63) is 34.3 Å². The summed E-state index contributed by atoms with van der Waals surface area (Å²) < 4.78 is 5.97. The third kappa shape index (κ3) is 4.96. The van der Waals surface area contributed by atoms with Crippen LogP contribution in [0.1, 0.15) is 25.8 Å². The summed E-state index contributed by atoms with van der Waals surface area (Å²) in [6.45, 7) is 4.94. The van der Waals surface area contributed by atoms with Gasteiger partial charge in [0.2, 0.25) is 0 Å². The number of benzene rings is 1. The monoisotopic (exact) mass is 327 g/mol. The van der Waals surface area contributed by atoms with Crippen molar-refractivity contribution in [2.24, 2.45) is 5.92 Å². The van der Waals surface area contributed by atoms with Gasteiger partial charge in [-0.25, -0.2) is 0 Å². The number of hydrogen-bond donors (Lipinski definition) is 0. The number of likely N-dealkylation sites (N-methyl/N-ethyl adjacent to an activating group) is 1. The molecule has 0 fully saturated rings. The van der Waals surface area contributed by atoms with Crippen LogP contribution in [0, 0.1) is 5.92 Å². The van der Waals surface area contributed by atoms with Crippen molar-refractivity contribution in [3.63, 3.8) is 0 Å². The normalized spacial score (nSPS) is 12.8. The molecule has 0 radical (unpaired) electrons. The Bertz CT molecular complexity index is 420. The lowest BCUT2D eigenvalue weighted by Crippen LogP contribution is -2.39. The molecule has 19 heavy (non-hydrogen) atoms. The summed E-state index contributed by atoms with van der Waals surface area (Å²) in [5, 5.41) is 0. The summed E-state index contributed by atoms with van der Waals surface area (Å²) >= 11 is 3.54. The molecule has 0 aliphatic rings. The highest BCUT2D eigenvalue weighted by atomic mass is 79.9. The topological polar surface area (TPSA) is 29.5 Å². The van der Waals surface area contributed by atoms with E-state index in [0.717, 1.165) is 10.9 Å². The van der Waals surface area contributed by atoms with Crippen LogP contribution in [0.25, 0.3) is 0 Å². The predicted molar refractivity (Wildman–Crippen MR) is 80.9 cm³/mol. The van der Waals surface area contributed by atoms with Crippen LogP contribution in [0.2, 0.25) is 0 Å². The number of esters is 1. The Hall–Kier alpha value is -0.870. The summed E-state index contributed by atoms with van der Waals surface area (Å²) in [6, 6.07) is 7.86. The van der Waals surface area contributed by atoms with Gasteiger partial charge in [0.05, 0.1) is 7.11 Å². The van der Waals surface area contributed by atoms with Gasteiger partial charge >= 0.3 is 5.97 Å². The average Bonchev–Trinajstić information content (AvgIpc) is 2.37. The van der Waals surface area contributed by atoms with Crippen molar-refractivity contribution in [1.29, 1.82) is 0 Å². The molecular weight excluding hydrogens is 306 g/mol. The Balaban J connectivity index is 2.79. The molecule has 1 aromatic rings. The van der Waals surface area contributed by atoms with E-state index in [0.29, 0.717) is 12.5 Å². The molecule has 0 saturated heterocycles. The number of carbonyl (C=O) groups excluding carboxylic acids is 1. The van der Waals surface area contributed by atoms with Crippen LogP contribution >= 0.6 is 15.9 Å². The minimum Gasteiger partial charge on any atom is -0.468 e. The fourth-order valence-corrected chi connectivity index (χ4v) is 2.45. The summed E-state index contributed by atoms with van der Waals surface area (Å²) in [6.07, 6.45) is 0.799. The molecule has 106 valence electrons. The first-order valence-electron chi connectivity index (χ1n) is 6.47. The summed E-state index contributed by atoms with van der Waals surface area (Å²) in [5.74, 6) is 0.286. The molecule has 0 bridgehead atoms. The van der Waals surface area contributed by atoms with Crippen molar-refractivity contribution in [2.75, 3.05) is 14.2 Å². The summed E-state index contributed by atoms with van der Waals surface area (Å²) in [4.78, 5) is 13.9. The molecule has 0 spiro atoms. The molecule has 0 unspecified atom stereocenters. The quantitative estimate of drug-likeness (QED) is 0.749. The van der Waals surface area contributed by atoms with Crippen LogP contribution in [0.3, 0.4) is 0 Å². The largest absolute Gasteiger partial charge is 0.468 e. The first-order valence-corrected chi connectivity index (χ1v) is 7.26. The second-order valence-electron chi connectivity index (χ2n) is 5.18. The number of methoxy groups -OCH3 is 1. The predicted octanol–water partition coefficient (Wildman–Crippen LogP) is 3.47. The van der Waals surface area contributed by atoms with Crippen LogP contribution in [0.15, 0.2) is 28.7 Å². The molecule has 0 N–H and O–H groups in total. The van der Waals surface area contributed by atoms with Gasteiger partial charge in [0.25, 0.3) is 0 Å². The Morgan fingerprint density at radius 2 is 2.00 bits per heavy atom. The van der Waals surface area contributed by atoms with Crippen LogP contribution in [0.5, 0.6) is 0 Å². The lowest BCUT2D eigenvalue weighted by molar-refractivity contribution is -0.147. The highest BCUT2D eigenvalue weighted by molar-refractivity contribution is 9.10. The zero-order chi connectivity index (χ0) is 14.4. The number of ether oxygens (including phenoxy) is 1. The number of halogens is 1. The van der Waals surface area contributed by atoms with Gasteiger partial charge in [0, 0.05) is 11.0 Å².